The van der Waals surface area contributed by atoms with Gasteiger partial charge in [-0.1, -0.05) is 13.8 Å². The van der Waals surface area contributed by atoms with E-state index in [9.17, 15) is 13.2 Å². The Morgan fingerprint density at radius 2 is 2.00 bits per heavy atom. The molecule has 0 radical (unpaired) electrons. The molecule has 9 heteroatoms. The van der Waals surface area contributed by atoms with Gasteiger partial charge in [-0.2, -0.15) is 0 Å². The second kappa shape index (κ2) is 7.89. The number of carbonyl (C=O) groups is 1. The number of hydrogen-bond acceptors (Lipinski definition) is 5. The van der Waals surface area contributed by atoms with Crippen LogP contribution in [0.4, 0.5) is 0 Å². The summed E-state index contributed by atoms with van der Waals surface area (Å²) in [7, 11) is -1.99. The number of carbonyl (C=O) groups excluding carboxylic acids is 1. The van der Waals surface area contributed by atoms with Crippen molar-refractivity contribution in [2.24, 2.45) is 12.8 Å². The fourth-order valence-corrected chi connectivity index (χ4v) is 3.22. The molecule has 1 aromatic rings. The van der Waals surface area contributed by atoms with E-state index in [4.69, 9.17) is 5.73 Å². The van der Waals surface area contributed by atoms with Gasteiger partial charge in [-0.25, -0.2) is 18.1 Å². The molecule has 23 heavy (non-hydrogen) atoms. The molecule has 0 aliphatic rings. The van der Waals surface area contributed by atoms with E-state index in [1.54, 1.807) is 18.5 Å². The third kappa shape index (κ3) is 5.02. The molecule has 1 aromatic heterocycles. The molecule has 0 atom stereocenters. The number of amides is 1. The van der Waals surface area contributed by atoms with Crippen molar-refractivity contribution in [3.05, 3.63) is 12.0 Å². The summed E-state index contributed by atoms with van der Waals surface area (Å²) in [5.41, 5.74) is 5.31. The van der Waals surface area contributed by atoms with Crippen molar-refractivity contribution in [1.82, 2.24) is 19.6 Å². The first-order chi connectivity index (χ1) is 10.7. The molecular weight excluding hydrogens is 318 g/mol. The highest BCUT2D eigenvalue weighted by atomic mass is 32.2. The molecule has 0 spiro atoms. The molecule has 0 bridgehead atoms. The van der Waals surface area contributed by atoms with Gasteiger partial charge >= 0.3 is 0 Å². The number of nitrogens with zero attached hydrogens (tertiary/aromatic N) is 2. The summed E-state index contributed by atoms with van der Waals surface area (Å²) in [4.78, 5) is 16.0. The monoisotopic (exact) mass is 345 g/mol. The topological polar surface area (TPSA) is 119 Å². The van der Waals surface area contributed by atoms with Gasteiger partial charge < -0.3 is 15.6 Å². The molecular formula is C14H27N5O3S. The van der Waals surface area contributed by atoms with Crippen LogP contribution in [0.5, 0.6) is 0 Å². The molecule has 1 heterocycles. The van der Waals surface area contributed by atoms with E-state index in [-0.39, 0.29) is 23.9 Å². The number of aromatic nitrogens is 2. The van der Waals surface area contributed by atoms with E-state index < -0.39 is 15.6 Å². The molecule has 4 N–H and O–H groups in total. The molecule has 0 saturated heterocycles. The third-order valence-corrected chi connectivity index (χ3v) is 5.49. The highest BCUT2D eigenvalue weighted by Crippen LogP contribution is 2.13. The van der Waals surface area contributed by atoms with Crippen molar-refractivity contribution in [2.45, 2.75) is 50.6 Å². The van der Waals surface area contributed by atoms with Crippen LogP contribution in [0.1, 0.15) is 38.9 Å². The predicted octanol–water partition coefficient (Wildman–Crippen LogP) is 0.0306. The Bertz CT molecular complexity index is 607. The van der Waals surface area contributed by atoms with E-state index in [1.165, 1.54) is 6.20 Å². The second-order valence-corrected chi connectivity index (χ2v) is 7.34. The molecule has 1 amide bonds. The van der Waals surface area contributed by atoms with Gasteiger partial charge in [0.25, 0.3) is 10.0 Å². The Labute approximate surface area is 137 Å². The number of imidazole rings is 1. The third-order valence-electron chi connectivity index (χ3n) is 4.15. The van der Waals surface area contributed by atoms with Gasteiger partial charge in [-0.3, -0.25) is 4.79 Å². The normalized spacial score (nSPS) is 12.4. The Kier molecular flexibility index (Phi) is 6.72. The lowest BCUT2D eigenvalue weighted by Gasteiger charge is -2.31. The number of rotatable bonds is 9. The first-order valence-corrected chi connectivity index (χ1v) is 9.18. The maximum absolute atomic E-state index is 12.1. The quantitative estimate of drug-likeness (QED) is 0.583. The molecule has 0 saturated carbocycles. The molecule has 0 aliphatic carbocycles. The molecule has 0 fully saturated rings. The van der Waals surface area contributed by atoms with Crippen molar-refractivity contribution < 1.29 is 13.2 Å². The van der Waals surface area contributed by atoms with Crippen LogP contribution < -0.4 is 15.8 Å². The summed E-state index contributed by atoms with van der Waals surface area (Å²) >= 11 is 0. The number of aryl methyl sites for hydroxylation is 2. The van der Waals surface area contributed by atoms with Crippen molar-refractivity contribution in [2.75, 3.05) is 13.1 Å². The summed E-state index contributed by atoms with van der Waals surface area (Å²) in [5, 5.41) is 2.86. The summed E-state index contributed by atoms with van der Waals surface area (Å²) in [5.74, 6) is 0.376. The molecule has 1 rings (SSSR count). The SMILES string of the molecule is CCC(CC)(CN)NC(=O)CCNS(=O)(=O)c1cn(C)c(C)n1. The van der Waals surface area contributed by atoms with Crippen LogP contribution in [0.15, 0.2) is 11.2 Å². The Hall–Kier alpha value is -1.45. The largest absolute Gasteiger partial charge is 0.349 e. The van der Waals surface area contributed by atoms with Crippen molar-refractivity contribution in [1.29, 1.82) is 0 Å². The lowest BCUT2D eigenvalue weighted by atomic mass is 9.93. The van der Waals surface area contributed by atoms with Crippen LogP contribution in [-0.2, 0) is 21.9 Å². The highest BCUT2D eigenvalue weighted by molar-refractivity contribution is 7.89. The van der Waals surface area contributed by atoms with E-state index in [1.807, 2.05) is 13.8 Å². The van der Waals surface area contributed by atoms with E-state index in [0.717, 1.165) is 12.8 Å². The summed E-state index contributed by atoms with van der Waals surface area (Å²) in [6.07, 6.45) is 2.94. The average Bonchev–Trinajstić information content (AvgIpc) is 2.85. The van der Waals surface area contributed by atoms with Crippen molar-refractivity contribution >= 4 is 15.9 Å². The van der Waals surface area contributed by atoms with Crippen LogP contribution >= 0.6 is 0 Å². The Morgan fingerprint density at radius 1 is 1.39 bits per heavy atom. The van der Waals surface area contributed by atoms with Crippen LogP contribution in [0.3, 0.4) is 0 Å². The van der Waals surface area contributed by atoms with Gasteiger partial charge in [-0.05, 0) is 19.8 Å². The minimum atomic E-state index is -3.70. The minimum Gasteiger partial charge on any atom is -0.349 e. The van der Waals surface area contributed by atoms with Crippen LogP contribution in [0.2, 0.25) is 0 Å². The number of sulfonamides is 1. The second-order valence-electron chi connectivity index (χ2n) is 5.62. The minimum absolute atomic E-state index is 0.0118. The van der Waals surface area contributed by atoms with Crippen molar-refractivity contribution in [3.8, 4) is 0 Å². The van der Waals surface area contributed by atoms with Crippen LogP contribution in [-0.4, -0.2) is 42.5 Å². The number of hydrogen-bond donors (Lipinski definition) is 3. The van der Waals surface area contributed by atoms with Gasteiger partial charge in [0.15, 0.2) is 5.03 Å². The van der Waals surface area contributed by atoms with Gasteiger partial charge in [0.05, 0.1) is 5.54 Å². The molecule has 0 aliphatic heterocycles. The van der Waals surface area contributed by atoms with Crippen molar-refractivity contribution in [3.63, 3.8) is 0 Å². The van der Waals surface area contributed by atoms with Gasteiger partial charge in [0.1, 0.15) is 5.82 Å². The zero-order chi connectivity index (χ0) is 17.7. The highest BCUT2D eigenvalue weighted by Gasteiger charge is 2.26. The van der Waals surface area contributed by atoms with Gasteiger partial charge in [0, 0.05) is 32.8 Å². The Morgan fingerprint density at radius 3 is 2.43 bits per heavy atom. The predicted molar refractivity (Wildman–Crippen MR) is 88.3 cm³/mol. The fourth-order valence-electron chi connectivity index (χ4n) is 2.15. The molecule has 0 unspecified atom stereocenters. The van der Waals surface area contributed by atoms with E-state index in [2.05, 4.69) is 15.0 Å². The Balaban J connectivity index is 2.57. The zero-order valence-corrected chi connectivity index (χ0v) is 15.0. The smallest absolute Gasteiger partial charge is 0.259 e. The number of nitrogens with two attached hydrogens (primary N) is 1. The van der Waals surface area contributed by atoms with Crippen LogP contribution in [0.25, 0.3) is 0 Å². The maximum atomic E-state index is 12.1. The van der Waals surface area contributed by atoms with E-state index >= 15 is 0 Å². The fraction of sp³-hybridized carbons (Fsp3) is 0.714. The average molecular weight is 345 g/mol. The lowest BCUT2D eigenvalue weighted by Crippen LogP contribution is -2.53. The first kappa shape index (κ1) is 19.6. The van der Waals surface area contributed by atoms with E-state index in [0.29, 0.717) is 12.4 Å². The standard InChI is InChI=1S/C14H27N5O3S/c1-5-14(6-2,10-15)18-12(20)7-8-16-23(21,22)13-9-19(4)11(3)17-13/h9,16H,5-8,10,15H2,1-4H3,(H,18,20). The first-order valence-electron chi connectivity index (χ1n) is 7.70. The molecule has 132 valence electrons. The van der Waals surface area contributed by atoms with Crippen LogP contribution in [0, 0.1) is 6.92 Å². The summed E-state index contributed by atoms with van der Waals surface area (Å²) in [6.45, 7) is 6.00. The van der Waals surface area contributed by atoms with Gasteiger partial charge in [0.2, 0.25) is 5.91 Å². The zero-order valence-electron chi connectivity index (χ0n) is 14.2. The number of nitrogens with one attached hydrogen (secondary N) is 2. The maximum Gasteiger partial charge on any atom is 0.259 e. The lowest BCUT2D eigenvalue weighted by molar-refractivity contribution is -0.122. The van der Waals surface area contributed by atoms with Gasteiger partial charge in [-0.15, -0.1) is 0 Å². The summed E-state index contributed by atoms with van der Waals surface area (Å²) in [6, 6.07) is 0. The molecule has 8 nitrogen and oxygen atoms in total. The summed E-state index contributed by atoms with van der Waals surface area (Å²) < 4.78 is 28.2. The molecule has 0 aromatic carbocycles.